The van der Waals surface area contributed by atoms with Crippen molar-refractivity contribution < 1.29 is 18.0 Å². The van der Waals surface area contributed by atoms with Crippen LogP contribution in [-0.2, 0) is 26.0 Å². The lowest BCUT2D eigenvalue weighted by molar-refractivity contribution is -0.148. The number of piperazine rings is 1. The standard InChI is InChI=1S/C14H18N2O4S/c1-9-14(18)16(10(2)13(17)15-9)8-11-4-6-12(7-5-11)21(3,19)20/h4-7,9-10H,8H2,1-3H3,(H,15,17). The highest BCUT2D eigenvalue weighted by Crippen LogP contribution is 2.16. The third-order valence-corrected chi connectivity index (χ3v) is 4.69. The number of nitrogens with zero attached hydrogens (tertiary/aromatic N) is 1. The lowest BCUT2D eigenvalue weighted by Crippen LogP contribution is -2.60. The first kappa shape index (κ1) is 15.5. The van der Waals surface area contributed by atoms with Crippen LogP contribution >= 0.6 is 0 Å². The van der Waals surface area contributed by atoms with Crippen molar-refractivity contribution in [3.8, 4) is 0 Å². The fourth-order valence-corrected chi connectivity index (χ4v) is 2.86. The molecule has 0 aliphatic carbocycles. The Morgan fingerprint density at radius 2 is 1.71 bits per heavy atom. The summed E-state index contributed by atoms with van der Waals surface area (Å²) in [7, 11) is -3.24. The number of hydrogen-bond donors (Lipinski definition) is 1. The highest BCUT2D eigenvalue weighted by atomic mass is 32.2. The number of benzene rings is 1. The molecule has 0 saturated carbocycles. The molecule has 1 fully saturated rings. The maximum absolute atomic E-state index is 12.1. The maximum Gasteiger partial charge on any atom is 0.245 e. The third kappa shape index (κ3) is 3.24. The zero-order valence-corrected chi connectivity index (χ0v) is 13.0. The van der Waals surface area contributed by atoms with Gasteiger partial charge in [-0.25, -0.2) is 8.42 Å². The van der Waals surface area contributed by atoms with Crippen molar-refractivity contribution in [2.24, 2.45) is 0 Å². The summed E-state index contributed by atoms with van der Waals surface area (Å²) >= 11 is 0. The van der Waals surface area contributed by atoms with E-state index in [0.29, 0.717) is 0 Å². The average molecular weight is 310 g/mol. The molecule has 7 heteroatoms. The van der Waals surface area contributed by atoms with Gasteiger partial charge in [0.15, 0.2) is 9.84 Å². The second kappa shape index (κ2) is 5.48. The van der Waals surface area contributed by atoms with Gasteiger partial charge >= 0.3 is 0 Å². The van der Waals surface area contributed by atoms with E-state index in [9.17, 15) is 18.0 Å². The van der Waals surface area contributed by atoms with E-state index in [0.717, 1.165) is 11.8 Å². The first-order valence-corrected chi connectivity index (χ1v) is 8.49. The van der Waals surface area contributed by atoms with Crippen molar-refractivity contribution in [1.29, 1.82) is 0 Å². The summed E-state index contributed by atoms with van der Waals surface area (Å²) in [4.78, 5) is 25.6. The fraction of sp³-hybridized carbons (Fsp3) is 0.429. The SMILES string of the molecule is CC1NC(=O)C(C)N(Cc2ccc(S(C)(=O)=O)cc2)C1=O. The van der Waals surface area contributed by atoms with E-state index in [2.05, 4.69) is 5.32 Å². The predicted octanol–water partition coefficient (Wildman–Crippen LogP) is 0.325. The van der Waals surface area contributed by atoms with Crippen LogP contribution in [0.4, 0.5) is 0 Å². The Hall–Kier alpha value is -1.89. The summed E-state index contributed by atoms with van der Waals surface area (Å²) in [5.41, 5.74) is 0.782. The normalized spacial score (nSPS) is 23.1. The van der Waals surface area contributed by atoms with Crippen molar-refractivity contribution in [3.63, 3.8) is 0 Å². The number of carbonyl (C=O) groups is 2. The Morgan fingerprint density at radius 3 is 2.24 bits per heavy atom. The molecule has 2 amide bonds. The monoisotopic (exact) mass is 310 g/mol. The summed E-state index contributed by atoms with van der Waals surface area (Å²) in [5, 5.41) is 2.61. The molecule has 1 aliphatic rings. The van der Waals surface area contributed by atoms with E-state index in [1.54, 1.807) is 26.0 Å². The van der Waals surface area contributed by atoms with Gasteiger partial charge < -0.3 is 10.2 Å². The van der Waals surface area contributed by atoms with Gasteiger partial charge in [0.1, 0.15) is 12.1 Å². The first-order valence-electron chi connectivity index (χ1n) is 6.60. The molecular weight excluding hydrogens is 292 g/mol. The molecule has 1 aromatic rings. The van der Waals surface area contributed by atoms with Crippen molar-refractivity contribution in [1.82, 2.24) is 10.2 Å². The highest BCUT2D eigenvalue weighted by Gasteiger charge is 2.35. The molecule has 0 spiro atoms. The zero-order valence-electron chi connectivity index (χ0n) is 12.2. The van der Waals surface area contributed by atoms with Gasteiger partial charge in [0.2, 0.25) is 11.8 Å². The summed E-state index contributed by atoms with van der Waals surface area (Å²) < 4.78 is 22.8. The van der Waals surface area contributed by atoms with Crippen molar-refractivity contribution in [3.05, 3.63) is 29.8 Å². The Bertz CT molecular complexity index is 667. The van der Waals surface area contributed by atoms with Crippen LogP contribution in [0.25, 0.3) is 0 Å². The Kier molecular flexibility index (Phi) is 4.04. The molecule has 2 atom stereocenters. The van der Waals surface area contributed by atoms with Gasteiger partial charge in [0.25, 0.3) is 0 Å². The minimum absolute atomic E-state index is 0.144. The van der Waals surface area contributed by atoms with Gasteiger partial charge in [0, 0.05) is 12.8 Å². The lowest BCUT2D eigenvalue weighted by Gasteiger charge is -2.36. The van der Waals surface area contributed by atoms with Gasteiger partial charge in [-0.05, 0) is 31.5 Å². The molecule has 0 radical (unpaired) electrons. The summed E-state index contributed by atoms with van der Waals surface area (Å²) in [6.45, 7) is 3.59. The zero-order chi connectivity index (χ0) is 15.8. The van der Waals surface area contributed by atoms with E-state index in [1.165, 1.54) is 17.0 Å². The second-order valence-electron chi connectivity index (χ2n) is 5.29. The van der Waals surface area contributed by atoms with Crippen LogP contribution in [0.3, 0.4) is 0 Å². The van der Waals surface area contributed by atoms with Crippen LogP contribution in [0, 0.1) is 0 Å². The molecule has 2 unspecified atom stereocenters. The van der Waals surface area contributed by atoms with E-state index >= 15 is 0 Å². The minimum atomic E-state index is -3.24. The van der Waals surface area contributed by atoms with Gasteiger partial charge in [-0.1, -0.05) is 12.1 Å². The van der Waals surface area contributed by atoms with Crippen molar-refractivity contribution in [2.45, 2.75) is 37.4 Å². The average Bonchev–Trinajstić information content (AvgIpc) is 2.41. The molecule has 114 valence electrons. The molecule has 21 heavy (non-hydrogen) atoms. The maximum atomic E-state index is 12.1. The first-order chi connectivity index (χ1) is 9.70. The molecule has 1 heterocycles. The Labute approximate surface area is 124 Å². The van der Waals surface area contributed by atoms with Gasteiger partial charge in [-0.15, -0.1) is 0 Å². The quantitative estimate of drug-likeness (QED) is 0.872. The Balaban J connectivity index is 2.20. The molecule has 6 nitrogen and oxygen atoms in total. The molecule has 1 N–H and O–H groups in total. The third-order valence-electron chi connectivity index (χ3n) is 3.56. The van der Waals surface area contributed by atoms with E-state index < -0.39 is 21.9 Å². The number of amides is 2. The van der Waals surface area contributed by atoms with Crippen molar-refractivity contribution in [2.75, 3.05) is 6.26 Å². The number of sulfone groups is 1. The van der Waals surface area contributed by atoms with Crippen molar-refractivity contribution >= 4 is 21.7 Å². The predicted molar refractivity (Wildman–Crippen MR) is 77.2 cm³/mol. The van der Waals surface area contributed by atoms with Gasteiger partial charge in [0.05, 0.1) is 4.90 Å². The topological polar surface area (TPSA) is 83.6 Å². The largest absolute Gasteiger partial charge is 0.343 e. The number of hydrogen-bond acceptors (Lipinski definition) is 4. The van der Waals surface area contributed by atoms with E-state index in [-0.39, 0.29) is 23.3 Å². The van der Waals surface area contributed by atoms with E-state index in [4.69, 9.17) is 0 Å². The molecular formula is C14H18N2O4S. The van der Waals surface area contributed by atoms with E-state index in [1.807, 2.05) is 0 Å². The summed E-state index contributed by atoms with van der Waals surface area (Å²) in [6, 6.07) is 5.26. The second-order valence-corrected chi connectivity index (χ2v) is 7.30. The fourth-order valence-electron chi connectivity index (χ4n) is 2.23. The summed E-state index contributed by atoms with van der Waals surface area (Å²) in [6.07, 6.45) is 1.14. The number of nitrogens with one attached hydrogen (secondary N) is 1. The van der Waals surface area contributed by atoms with Gasteiger partial charge in [-0.2, -0.15) is 0 Å². The molecule has 0 bridgehead atoms. The van der Waals surface area contributed by atoms with Crippen LogP contribution in [0.1, 0.15) is 19.4 Å². The molecule has 1 aliphatic heterocycles. The molecule has 1 aromatic carbocycles. The van der Waals surface area contributed by atoms with Crippen LogP contribution in [-0.4, -0.2) is 43.5 Å². The highest BCUT2D eigenvalue weighted by molar-refractivity contribution is 7.90. The Morgan fingerprint density at radius 1 is 1.14 bits per heavy atom. The van der Waals surface area contributed by atoms with Crippen LogP contribution in [0.15, 0.2) is 29.2 Å². The minimum Gasteiger partial charge on any atom is -0.343 e. The lowest BCUT2D eigenvalue weighted by atomic mass is 10.1. The summed E-state index contributed by atoms with van der Waals surface area (Å²) in [5.74, 6) is -0.329. The van der Waals surface area contributed by atoms with Crippen LogP contribution < -0.4 is 5.32 Å². The smallest absolute Gasteiger partial charge is 0.245 e. The number of carbonyl (C=O) groups excluding carboxylic acids is 2. The molecule has 1 saturated heterocycles. The van der Waals surface area contributed by atoms with Crippen LogP contribution in [0.5, 0.6) is 0 Å². The van der Waals surface area contributed by atoms with Gasteiger partial charge in [-0.3, -0.25) is 9.59 Å². The molecule has 0 aromatic heterocycles. The molecule has 2 rings (SSSR count). The van der Waals surface area contributed by atoms with Crippen LogP contribution in [0.2, 0.25) is 0 Å². The number of rotatable bonds is 3.